The van der Waals surface area contributed by atoms with Crippen molar-refractivity contribution in [2.24, 2.45) is 0 Å². The summed E-state index contributed by atoms with van der Waals surface area (Å²) < 4.78 is 47.3. The maximum Gasteiger partial charge on any atom is 0.297 e. The average Bonchev–Trinajstić information content (AvgIpc) is 2.58. The summed E-state index contributed by atoms with van der Waals surface area (Å²) in [5.41, 5.74) is 0.628. The molecule has 0 aliphatic carbocycles. The first-order valence-corrected chi connectivity index (χ1v) is 10.4. The third-order valence-corrected chi connectivity index (χ3v) is 5.20. The summed E-state index contributed by atoms with van der Waals surface area (Å²) in [4.78, 5) is 0.132. The van der Waals surface area contributed by atoms with Gasteiger partial charge in [0.15, 0.2) is 6.29 Å². The summed E-state index contributed by atoms with van der Waals surface area (Å²) >= 11 is 0. The third kappa shape index (κ3) is 7.32. The molecule has 2 atom stereocenters. The Labute approximate surface area is 156 Å². The molecular formula is C19H30O6S. The Kier molecular flexibility index (Phi) is 7.61. The molecule has 1 heterocycles. The van der Waals surface area contributed by atoms with Gasteiger partial charge in [-0.25, -0.2) is 0 Å². The minimum atomic E-state index is -3.84. The number of hydrogen-bond donors (Lipinski definition) is 0. The molecule has 1 aliphatic rings. The van der Waals surface area contributed by atoms with Gasteiger partial charge in [0.25, 0.3) is 10.1 Å². The Balaban J connectivity index is 1.98. The van der Waals surface area contributed by atoms with Crippen molar-refractivity contribution in [1.82, 2.24) is 0 Å². The van der Waals surface area contributed by atoms with Crippen molar-refractivity contribution in [1.29, 1.82) is 0 Å². The number of benzene rings is 1. The van der Waals surface area contributed by atoms with Crippen molar-refractivity contribution in [3.8, 4) is 0 Å². The molecule has 0 amide bonds. The third-order valence-electron chi connectivity index (χ3n) is 3.90. The molecule has 1 saturated heterocycles. The lowest BCUT2D eigenvalue weighted by molar-refractivity contribution is -0.209. The molecule has 1 fully saturated rings. The zero-order valence-electron chi connectivity index (χ0n) is 16.1. The maximum atomic E-state index is 12.4. The van der Waals surface area contributed by atoms with Crippen LogP contribution >= 0.6 is 0 Å². The largest absolute Gasteiger partial charge is 0.373 e. The van der Waals surface area contributed by atoms with Crippen LogP contribution in [0.25, 0.3) is 0 Å². The maximum absolute atomic E-state index is 12.4. The fourth-order valence-electron chi connectivity index (χ4n) is 2.44. The highest BCUT2D eigenvalue weighted by Gasteiger charge is 2.25. The SMILES string of the molecule is Cc1ccc(S(=O)(=O)OC[C@H](COC(C)(C)C)OC2CCCCO2)cc1. The number of rotatable bonds is 8. The summed E-state index contributed by atoms with van der Waals surface area (Å²) in [6, 6.07) is 6.55. The van der Waals surface area contributed by atoms with Crippen molar-refractivity contribution in [3.05, 3.63) is 29.8 Å². The molecule has 1 aromatic rings. The summed E-state index contributed by atoms with van der Waals surface area (Å²) in [7, 11) is -3.84. The van der Waals surface area contributed by atoms with E-state index in [1.54, 1.807) is 12.1 Å². The van der Waals surface area contributed by atoms with E-state index >= 15 is 0 Å². The van der Waals surface area contributed by atoms with E-state index in [1.807, 2.05) is 27.7 Å². The minimum absolute atomic E-state index is 0.119. The van der Waals surface area contributed by atoms with Gasteiger partial charge in [0.2, 0.25) is 0 Å². The van der Waals surface area contributed by atoms with Crippen LogP contribution in [0.1, 0.15) is 45.6 Å². The smallest absolute Gasteiger partial charge is 0.297 e. The molecule has 0 aromatic heterocycles. The molecule has 2 rings (SSSR count). The summed E-state index contributed by atoms with van der Waals surface area (Å²) in [5.74, 6) is 0. The molecule has 0 radical (unpaired) electrons. The van der Waals surface area contributed by atoms with Gasteiger partial charge in [0, 0.05) is 6.61 Å². The highest BCUT2D eigenvalue weighted by atomic mass is 32.2. The van der Waals surface area contributed by atoms with E-state index < -0.39 is 16.2 Å². The predicted octanol–water partition coefficient (Wildman–Crippen LogP) is 3.43. The van der Waals surface area contributed by atoms with Gasteiger partial charge >= 0.3 is 0 Å². The normalized spacial score (nSPS) is 20.1. The summed E-state index contributed by atoms with van der Waals surface area (Å²) in [6.45, 7) is 8.47. The molecule has 0 spiro atoms. The number of aryl methyl sites for hydroxylation is 1. The van der Waals surface area contributed by atoms with E-state index in [0.29, 0.717) is 6.61 Å². The predicted molar refractivity (Wildman–Crippen MR) is 98.5 cm³/mol. The van der Waals surface area contributed by atoms with Crippen LogP contribution in [-0.4, -0.2) is 46.2 Å². The Morgan fingerprint density at radius 3 is 2.42 bits per heavy atom. The molecular weight excluding hydrogens is 356 g/mol. The highest BCUT2D eigenvalue weighted by molar-refractivity contribution is 7.86. The van der Waals surface area contributed by atoms with Crippen LogP contribution in [0, 0.1) is 6.92 Å². The van der Waals surface area contributed by atoms with E-state index in [1.165, 1.54) is 12.1 Å². The van der Waals surface area contributed by atoms with E-state index in [0.717, 1.165) is 24.8 Å². The van der Waals surface area contributed by atoms with E-state index in [9.17, 15) is 8.42 Å². The van der Waals surface area contributed by atoms with Crippen LogP contribution < -0.4 is 0 Å². The second-order valence-corrected chi connectivity index (χ2v) is 9.14. The molecule has 1 unspecified atom stereocenters. The molecule has 26 heavy (non-hydrogen) atoms. The highest BCUT2D eigenvalue weighted by Crippen LogP contribution is 2.19. The van der Waals surface area contributed by atoms with Gasteiger partial charge in [-0.3, -0.25) is 4.18 Å². The quantitative estimate of drug-likeness (QED) is 0.638. The van der Waals surface area contributed by atoms with Gasteiger partial charge in [0.05, 0.1) is 23.7 Å². The minimum Gasteiger partial charge on any atom is -0.373 e. The standard InChI is InChI=1S/C19H30O6S/c1-15-8-10-17(11-9-15)26(20,21)24-14-16(13-23-19(2,3)4)25-18-7-5-6-12-22-18/h8-11,16,18H,5-7,12-14H2,1-4H3/t16-,18?/m0/s1. The molecule has 0 bridgehead atoms. The molecule has 148 valence electrons. The van der Waals surface area contributed by atoms with Gasteiger partial charge in [0.1, 0.15) is 6.10 Å². The van der Waals surface area contributed by atoms with Crippen LogP contribution in [0.3, 0.4) is 0 Å². The van der Waals surface area contributed by atoms with Crippen LogP contribution in [-0.2, 0) is 28.5 Å². The molecule has 1 aliphatic heterocycles. The molecule has 7 heteroatoms. The molecule has 6 nitrogen and oxygen atoms in total. The lowest BCUT2D eigenvalue weighted by atomic mass is 10.2. The summed E-state index contributed by atoms with van der Waals surface area (Å²) in [5, 5.41) is 0. The Bertz CT molecular complexity index is 642. The fourth-order valence-corrected chi connectivity index (χ4v) is 3.38. The van der Waals surface area contributed by atoms with Crippen LogP contribution in [0.4, 0.5) is 0 Å². The second-order valence-electron chi connectivity index (χ2n) is 7.53. The lowest BCUT2D eigenvalue weighted by Crippen LogP contribution is -2.36. The van der Waals surface area contributed by atoms with E-state index in [2.05, 4.69) is 0 Å². The van der Waals surface area contributed by atoms with Crippen LogP contribution in [0.2, 0.25) is 0 Å². The van der Waals surface area contributed by atoms with Crippen LogP contribution in [0.5, 0.6) is 0 Å². The van der Waals surface area contributed by atoms with E-state index in [4.69, 9.17) is 18.4 Å². The van der Waals surface area contributed by atoms with Crippen molar-refractivity contribution in [3.63, 3.8) is 0 Å². The monoisotopic (exact) mass is 386 g/mol. The van der Waals surface area contributed by atoms with Crippen molar-refractivity contribution >= 4 is 10.1 Å². The lowest BCUT2D eigenvalue weighted by Gasteiger charge is -2.29. The van der Waals surface area contributed by atoms with Gasteiger partial charge in [-0.05, 0) is 59.1 Å². The van der Waals surface area contributed by atoms with Crippen molar-refractivity contribution < 1.29 is 26.8 Å². The van der Waals surface area contributed by atoms with Crippen LogP contribution in [0.15, 0.2) is 29.2 Å². The first-order valence-electron chi connectivity index (χ1n) is 9.03. The van der Waals surface area contributed by atoms with Crippen molar-refractivity contribution in [2.75, 3.05) is 19.8 Å². The first kappa shape index (κ1) is 21.3. The van der Waals surface area contributed by atoms with Gasteiger partial charge in [-0.2, -0.15) is 8.42 Å². The average molecular weight is 387 g/mol. The molecule has 0 saturated carbocycles. The molecule has 1 aromatic carbocycles. The fraction of sp³-hybridized carbons (Fsp3) is 0.684. The van der Waals surface area contributed by atoms with Gasteiger partial charge < -0.3 is 14.2 Å². The van der Waals surface area contributed by atoms with Gasteiger partial charge in [-0.15, -0.1) is 0 Å². The zero-order chi connectivity index (χ0) is 19.2. The topological polar surface area (TPSA) is 71.1 Å². The zero-order valence-corrected chi connectivity index (χ0v) is 16.9. The number of hydrogen-bond acceptors (Lipinski definition) is 6. The van der Waals surface area contributed by atoms with Gasteiger partial charge in [-0.1, -0.05) is 17.7 Å². The Morgan fingerprint density at radius 1 is 1.15 bits per heavy atom. The number of ether oxygens (including phenoxy) is 3. The molecule has 0 N–H and O–H groups in total. The van der Waals surface area contributed by atoms with Crippen molar-refractivity contribution in [2.45, 2.75) is 69.8 Å². The Hall–Kier alpha value is -0.990. The Morgan fingerprint density at radius 2 is 1.85 bits per heavy atom. The second kappa shape index (κ2) is 9.28. The first-order chi connectivity index (χ1) is 12.2. The van der Waals surface area contributed by atoms with E-state index in [-0.39, 0.29) is 30.0 Å². The summed E-state index contributed by atoms with van der Waals surface area (Å²) in [6.07, 6.45) is 1.96.